The van der Waals surface area contributed by atoms with Gasteiger partial charge in [0.2, 0.25) is 0 Å². The maximum absolute atomic E-state index is 9.77. The quantitative estimate of drug-likeness (QED) is 0.527. The Morgan fingerprint density at radius 1 is 1.05 bits per heavy atom. The molecule has 1 aromatic carbocycles. The number of aliphatic hydroxyl groups excluding tert-OH is 3. The fourth-order valence-electron chi connectivity index (χ4n) is 2.00. The molecule has 0 radical (unpaired) electrons. The maximum atomic E-state index is 9.77. The van der Waals surface area contributed by atoms with E-state index in [0.717, 1.165) is 24.8 Å². The highest BCUT2D eigenvalue weighted by molar-refractivity contribution is 5.83. The predicted octanol–water partition coefficient (Wildman–Crippen LogP) is -0.0663. The van der Waals surface area contributed by atoms with E-state index in [0.29, 0.717) is 0 Å². The molecule has 3 atom stereocenters. The fraction of sp³-hybridized carbons (Fsp3) is 0.429. The van der Waals surface area contributed by atoms with Gasteiger partial charge in [-0.25, -0.2) is 9.59 Å². The first-order chi connectivity index (χ1) is 9.84. The van der Waals surface area contributed by atoms with Gasteiger partial charge < -0.3 is 25.5 Å². The first-order valence-corrected chi connectivity index (χ1v) is 6.42. The molecule has 1 aliphatic rings. The first-order valence-electron chi connectivity index (χ1n) is 6.42. The molecular formula is C14H18O7. The van der Waals surface area contributed by atoms with Crippen molar-refractivity contribution in [2.45, 2.75) is 37.6 Å². The third kappa shape index (κ3) is 4.82. The molecule has 0 heterocycles. The van der Waals surface area contributed by atoms with Gasteiger partial charge in [0.15, 0.2) is 12.2 Å². The van der Waals surface area contributed by atoms with E-state index >= 15 is 0 Å². The number of benzene rings is 1. The topological polar surface area (TPSA) is 135 Å². The molecule has 3 unspecified atom stereocenters. The Balaban J connectivity index is 0.000000212. The molecule has 7 nitrogen and oxygen atoms in total. The van der Waals surface area contributed by atoms with Crippen molar-refractivity contribution in [3.05, 3.63) is 35.4 Å². The van der Waals surface area contributed by atoms with Crippen LogP contribution in [0, 0.1) is 0 Å². The van der Waals surface area contributed by atoms with Crippen molar-refractivity contribution in [2.75, 3.05) is 0 Å². The van der Waals surface area contributed by atoms with E-state index in [1.165, 1.54) is 5.56 Å². The number of aryl methyl sites for hydroxylation is 1. The smallest absolute Gasteiger partial charge is 0.335 e. The third-order valence-electron chi connectivity index (χ3n) is 3.14. The van der Waals surface area contributed by atoms with Crippen LogP contribution in [0.15, 0.2) is 24.3 Å². The molecule has 0 aliphatic heterocycles. The molecule has 0 spiro atoms. The Bertz CT molecular complexity index is 482. The van der Waals surface area contributed by atoms with Crippen LogP contribution < -0.4 is 0 Å². The molecule has 0 saturated heterocycles. The monoisotopic (exact) mass is 298 g/mol. The number of aliphatic hydroxyl groups is 3. The molecule has 0 amide bonds. The predicted molar refractivity (Wildman–Crippen MR) is 71.6 cm³/mol. The van der Waals surface area contributed by atoms with Gasteiger partial charge in [0.05, 0.1) is 6.10 Å². The minimum absolute atomic E-state index is 0.208. The summed E-state index contributed by atoms with van der Waals surface area (Å²) >= 11 is 0. The molecule has 0 aromatic heterocycles. The maximum Gasteiger partial charge on any atom is 0.335 e. The van der Waals surface area contributed by atoms with Gasteiger partial charge in [-0.05, 0) is 30.4 Å². The number of aliphatic carboxylic acids is 2. The average Bonchev–Trinajstić information content (AvgIpc) is 2.46. The van der Waals surface area contributed by atoms with E-state index in [9.17, 15) is 14.7 Å². The lowest BCUT2D eigenvalue weighted by molar-refractivity contribution is -0.165. The van der Waals surface area contributed by atoms with Crippen molar-refractivity contribution in [3.63, 3.8) is 0 Å². The number of hydrogen-bond acceptors (Lipinski definition) is 5. The lowest BCUT2D eigenvalue weighted by Gasteiger charge is -2.20. The summed E-state index contributed by atoms with van der Waals surface area (Å²) < 4.78 is 0. The minimum atomic E-state index is -2.27. The summed E-state index contributed by atoms with van der Waals surface area (Å²) in [5.74, 6) is -3.54. The van der Waals surface area contributed by atoms with E-state index in [4.69, 9.17) is 20.4 Å². The number of rotatable bonds is 3. The molecule has 1 aromatic rings. The van der Waals surface area contributed by atoms with Gasteiger partial charge in [-0.15, -0.1) is 0 Å². The molecule has 116 valence electrons. The summed E-state index contributed by atoms with van der Waals surface area (Å²) in [6.07, 6.45) is -1.56. The molecule has 7 heteroatoms. The van der Waals surface area contributed by atoms with Crippen molar-refractivity contribution >= 4 is 11.9 Å². The van der Waals surface area contributed by atoms with Gasteiger partial charge in [-0.2, -0.15) is 0 Å². The van der Waals surface area contributed by atoms with Crippen LogP contribution in [0.2, 0.25) is 0 Å². The second-order valence-corrected chi connectivity index (χ2v) is 4.67. The summed E-state index contributed by atoms with van der Waals surface area (Å²) in [6, 6.07) is 8.17. The standard InChI is InChI=1S/C10H12O.C4H6O6/c11-10-7-3-5-8-4-1-2-6-9(8)10;5-1(3(7)8)2(6)4(9)10/h1-2,4,6,10-11H,3,5,7H2;1-2,5-6H,(H,7,8)(H,9,10). The van der Waals surface area contributed by atoms with Crippen molar-refractivity contribution in [2.24, 2.45) is 0 Å². The van der Waals surface area contributed by atoms with Crippen LogP contribution in [-0.2, 0) is 16.0 Å². The minimum Gasteiger partial charge on any atom is -0.479 e. The Morgan fingerprint density at radius 2 is 1.57 bits per heavy atom. The highest BCUT2D eigenvalue weighted by Gasteiger charge is 2.29. The van der Waals surface area contributed by atoms with Gasteiger partial charge in [-0.3, -0.25) is 0 Å². The van der Waals surface area contributed by atoms with Crippen LogP contribution in [0.3, 0.4) is 0 Å². The van der Waals surface area contributed by atoms with Crippen molar-refractivity contribution < 1.29 is 35.1 Å². The Morgan fingerprint density at radius 3 is 2.05 bits per heavy atom. The lowest BCUT2D eigenvalue weighted by atomic mass is 9.90. The van der Waals surface area contributed by atoms with E-state index in [-0.39, 0.29) is 6.10 Å². The van der Waals surface area contributed by atoms with Crippen molar-refractivity contribution in [1.82, 2.24) is 0 Å². The van der Waals surface area contributed by atoms with Gasteiger partial charge in [0, 0.05) is 0 Å². The van der Waals surface area contributed by atoms with E-state index in [2.05, 4.69) is 6.07 Å². The number of hydrogen-bond donors (Lipinski definition) is 5. The summed E-state index contributed by atoms with van der Waals surface area (Å²) in [5.41, 5.74) is 2.46. The first kappa shape index (κ1) is 17.1. The van der Waals surface area contributed by atoms with Crippen LogP contribution in [0.1, 0.15) is 30.1 Å². The lowest BCUT2D eigenvalue weighted by Crippen LogP contribution is -2.39. The van der Waals surface area contributed by atoms with Gasteiger partial charge in [-0.1, -0.05) is 24.3 Å². The zero-order chi connectivity index (χ0) is 16.0. The summed E-state index contributed by atoms with van der Waals surface area (Å²) in [4.78, 5) is 19.5. The van der Waals surface area contributed by atoms with Gasteiger partial charge in [0.25, 0.3) is 0 Å². The van der Waals surface area contributed by atoms with E-state index in [1.54, 1.807) is 0 Å². The van der Waals surface area contributed by atoms with Crippen LogP contribution in [-0.4, -0.2) is 49.7 Å². The molecule has 2 rings (SSSR count). The Kier molecular flexibility index (Phi) is 6.29. The fourth-order valence-corrected chi connectivity index (χ4v) is 2.00. The zero-order valence-electron chi connectivity index (χ0n) is 11.2. The second kappa shape index (κ2) is 7.72. The SMILES string of the molecule is O=C(O)C(O)C(O)C(=O)O.OC1CCCc2ccccc21. The molecule has 5 N–H and O–H groups in total. The van der Waals surface area contributed by atoms with Crippen molar-refractivity contribution in [3.8, 4) is 0 Å². The third-order valence-corrected chi connectivity index (χ3v) is 3.14. The molecule has 1 aliphatic carbocycles. The summed E-state index contributed by atoms with van der Waals surface area (Å²) in [6.45, 7) is 0. The number of carboxylic acids is 2. The molecular weight excluding hydrogens is 280 g/mol. The van der Waals surface area contributed by atoms with Crippen LogP contribution in [0.5, 0.6) is 0 Å². The summed E-state index contributed by atoms with van der Waals surface area (Å²) in [7, 11) is 0. The molecule has 0 bridgehead atoms. The zero-order valence-corrected chi connectivity index (χ0v) is 11.2. The molecule has 0 fully saturated rings. The molecule has 0 saturated carbocycles. The highest BCUT2D eigenvalue weighted by Crippen LogP contribution is 2.28. The second-order valence-electron chi connectivity index (χ2n) is 4.67. The van der Waals surface area contributed by atoms with Crippen LogP contribution >= 0.6 is 0 Å². The van der Waals surface area contributed by atoms with Gasteiger partial charge >= 0.3 is 11.9 Å². The Labute approximate surface area is 121 Å². The average molecular weight is 298 g/mol. The number of carboxylic acid groups (broad SMARTS) is 2. The largest absolute Gasteiger partial charge is 0.479 e. The number of carbonyl (C=O) groups is 2. The van der Waals surface area contributed by atoms with Crippen LogP contribution in [0.25, 0.3) is 0 Å². The normalized spacial score (nSPS) is 19.5. The van der Waals surface area contributed by atoms with E-state index in [1.807, 2.05) is 18.2 Å². The van der Waals surface area contributed by atoms with Crippen LogP contribution in [0.4, 0.5) is 0 Å². The number of fused-ring (bicyclic) bond motifs is 1. The Hall–Kier alpha value is -1.96. The van der Waals surface area contributed by atoms with Crippen molar-refractivity contribution in [1.29, 1.82) is 0 Å². The molecule has 21 heavy (non-hydrogen) atoms. The highest BCUT2D eigenvalue weighted by atomic mass is 16.4. The summed E-state index contributed by atoms with van der Waals surface area (Å²) in [5, 5.41) is 42.1. The van der Waals surface area contributed by atoms with E-state index < -0.39 is 24.1 Å². The van der Waals surface area contributed by atoms with Gasteiger partial charge in [0.1, 0.15) is 0 Å².